The normalized spacial score (nSPS) is 23.2. The van der Waals surface area contributed by atoms with E-state index in [2.05, 4.69) is 19.2 Å². The van der Waals surface area contributed by atoms with E-state index in [1.54, 1.807) is 0 Å². The molecule has 2 unspecified atom stereocenters. The van der Waals surface area contributed by atoms with Gasteiger partial charge in [-0.3, -0.25) is 0 Å². The Bertz CT molecular complexity index is 394. The largest absolute Gasteiger partial charge is 0.314 e. The van der Waals surface area contributed by atoms with E-state index in [0.29, 0.717) is 17.5 Å². The van der Waals surface area contributed by atoms with Crippen LogP contribution in [0.3, 0.4) is 0 Å². The molecule has 1 aromatic rings. The number of benzene rings is 1. The monoisotopic (exact) mass is 243 g/mol. The molecule has 1 nitrogen and oxygen atoms in total. The van der Waals surface area contributed by atoms with Crippen LogP contribution >= 0.6 is 0 Å². The molecule has 17 heavy (non-hydrogen) atoms. The Kier molecular flexibility index (Phi) is 3.43. The van der Waals surface area contributed by atoms with Crippen LogP contribution in [0.4, 0.5) is 13.2 Å². The topological polar surface area (TPSA) is 12.0 Å². The highest BCUT2D eigenvalue weighted by Gasteiger charge is 2.38. The minimum atomic E-state index is -1.38. The number of hydrogen-bond donors (Lipinski definition) is 1. The van der Waals surface area contributed by atoms with Crippen LogP contribution in [0.15, 0.2) is 12.1 Å². The van der Waals surface area contributed by atoms with Gasteiger partial charge in [0.1, 0.15) is 0 Å². The first-order valence-corrected chi connectivity index (χ1v) is 5.87. The van der Waals surface area contributed by atoms with Crippen molar-refractivity contribution in [1.29, 1.82) is 0 Å². The zero-order chi connectivity index (χ0) is 12.6. The van der Waals surface area contributed by atoms with Gasteiger partial charge in [0.25, 0.3) is 0 Å². The highest BCUT2D eigenvalue weighted by Crippen LogP contribution is 2.47. The van der Waals surface area contributed by atoms with Gasteiger partial charge in [0.05, 0.1) is 0 Å². The molecule has 0 amide bonds. The first-order chi connectivity index (χ1) is 7.99. The lowest BCUT2D eigenvalue weighted by atomic mass is 10.1. The number of halogens is 3. The van der Waals surface area contributed by atoms with E-state index in [9.17, 15) is 13.2 Å². The van der Waals surface area contributed by atoms with Gasteiger partial charge < -0.3 is 5.32 Å². The minimum Gasteiger partial charge on any atom is -0.314 e. The second-order valence-corrected chi connectivity index (χ2v) is 4.96. The Morgan fingerprint density at radius 2 is 1.82 bits per heavy atom. The lowest BCUT2D eigenvalue weighted by Gasteiger charge is -2.07. The molecule has 1 aromatic carbocycles. The minimum absolute atomic E-state index is 0.158. The maximum Gasteiger partial charge on any atom is 0.194 e. The SMILES string of the molecule is CC(C)NCC1CC1c1cc(F)c(F)c(F)c1. The summed E-state index contributed by atoms with van der Waals surface area (Å²) >= 11 is 0. The van der Waals surface area contributed by atoms with E-state index in [4.69, 9.17) is 0 Å². The molecule has 0 saturated heterocycles. The van der Waals surface area contributed by atoms with Crippen molar-refractivity contribution in [3.05, 3.63) is 35.1 Å². The zero-order valence-electron chi connectivity index (χ0n) is 9.93. The lowest BCUT2D eigenvalue weighted by Crippen LogP contribution is -2.25. The van der Waals surface area contributed by atoms with E-state index in [-0.39, 0.29) is 5.92 Å². The molecule has 2 rings (SSSR count). The molecule has 0 spiro atoms. The quantitative estimate of drug-likeness (QED) is 0.801. The van der Waals surface area contributed by atoms with Gasteiger partial charge in [0.2, 0.25) is 0 Å². The molecule has 1 saturated carbocycles. The van der Waals surface area contributed by atoms with Gasteiger partial charge in [0.15, 0.2) is 17.5 Å². The third kappa shape index (κ3) is 2.80. The summed E-state index contributed by atoms with van der Waals surface area (Å²) in [5, 5.41) is 3.29. The fourth-order valence-electron chi connectivity index (χ4n) is 2.06. The molecule has 0 aromatic heterocycles. The van der Waals surface area contributed by atoms with Crippen molar-refractivity contribution < 1.29 is 13.2 Å². The van der Waals surface area contributed by atoms with Crippen molar-refractivity contribution in [2.45, 2.75) is 32.2 Å². The molecular formula is C13H16F3N. The van der Waals surface area contributed by atoms with Crippen LogP contribution in [-0.2, 0) is 0 Å². The van der Waals surface area contributed by atoms with Crippen molar-refractivity contribution in [1.82, 2.24) is 5.32 Å². The number of rotatable bonds is 4. The number of hydrogen-bond acceptors (Lipinski definition) is 1. The molecule has 1 N–H and O–H groups in total. The van der Waals surface area contributed by atoms with Crippen LogP contribution in [0.2, 0.25) is 0 Å². The Labute approximate surface area is 99.0 Å². The molecule has 4 heteroatoms. The van der Waals surface area contributed by atoms with Gasteiger partial charge in [-0.15, -0.1) is 0 Å². The van der Waals surface area contributed by atoms with Gasteiger partial charge in [-0.25, -0.2) is 13.2 Å². The van der Waals surface area contributed by atoms with Crippen LogP contribution in [0.1, 0.15) is 31.7 Å². The molecule has 94 valence electrons. The zero-order valence-corrected chi connectivity index (χ0v) is 9.93. The summed E-state index contributed by atoms with van der Waals surface area (Å²) in [6.45, 7) is 4.94. The van der Waals surface area contributed by atoms with E-state index in [1.807, 2.05) is 0 Å². The summed E-state index contributed by atoms with van der Waals surface area (Å²) < 4.78 is 38.9. The van der Waals surface area contributed by atoms with Crippen LogP contribution in [-0.4, -0.2) is 12.6 Å². The smallest absolute Gasteiger partial charge is 0.194 e. The molecule has 0 aliphatic heterocycles. The average molecular weight is 243 g/mol. The fourth-order valence-corrected chi connectivity index (χ4v) is 2.06. The highest BCUT2D eigenvalue weighted by molar-refractivity contribution is 5.28. The Balaban J connectivity index is 2.01. The van der Waals surface area contributed by atoms with Crippen molar-refractivity contribution in [2.24, 2.45) is 5.92 Å². The highest BCUT2D eigenvalue weighted by atomic mass is 19.2. The Morgan fingerprint density at radius 3 is 2.35 bits per heavy atom. The molecule has 1 aliphatic carbocycles. The first kappa shape index (κ1) is 12.4. The van der Waals surface area contributed by atoms with Gasteiger partial charge in [0, 0.05) is 6.04 Å². The van der Waals surface area contributed by atoms with Gasteiger partial charge in [-0.2, -0.15) is 0 Å². The second kappa shape index (κ2) is 4.69. The van der Waals surface area contributed by atoms with Crippen molar-refractivity contribution >= 4 is 0 Å². The van der Waals surface area contributed by atoms with Crippen molar-refractivity contribution in [2.75, 3.05) is 6.54 Å². The predicted molar refractivity (Wildman–Crippen MR) is 60.3 cm³/mol. The van der Waals surface area contributed by atoms with E-state index >= 15 is 0 Å². The summed E-state index contributed by atoms with van der Waals surface area (Å²) in [7, 11) is 0. The second-order valence-electron chi connectivity index (χ2n) is 4.96. The summed E-state index contributed by atoms with van der Waals surface area (Å²) in [6.07, 6.45) is 0.907. The molecule has 1 aliphatic rings. The van der Waals surface area contributed by atoms with Crippen LogP contribution in [0.25, 0.3) is 0 Å². The van der Waals surface area contributed by atoms with E-state index < -0.39 is 17.5 Å². The summed E-state index contributed by atoms with van der Waals surface area (Å²) in [4.78, 5) is 0. The fraction of sp³-hybridized carbons (Fsp3) is 0.538. The molecule has 1 fully saturated rings. The maximum absolute atomic E-state index is 13.0. The Morgan fingerprint density at radius 1 is 1.24 bits per heavy atom. The van der Waals surface area contributed by atoms with Crippen LogP contribution in [0.5, 0.6) is 0 Å². The maximum atomic E-state index is 13.0. The summed E-state index contributed by atoms with van der Waals surface area (Å²) in [5.41, 5.74) is 0.567. The van der Waals surface area contributed by atoms with Gasteiger partial charge in [-0.05, 0) is 42.5 Å². The third-order valence-corrected chi connectivity index (χ3v) is 3.15. The van der Waals surface area contributed by atoms with Gasteiger partial charge >= 0.3 is 0 Å². The molecule has 2 atom stereocenters. The number of nitrogens with one attached hydrogen (secondary N) is 1. The van der Waals surface area contributed by atoms with Crippen LogP contribution in [0, 0.1) is 23.4 Å². The first-order valence-electron chi connectivity index (χ1n) is 5.87. The lowest BCUT2D eigenvalue weighted by molar-refractivity contribution is 0.445. The third-order valence-electron chi connectivity index (χ3n) is 3.15. The van der Waals surface area contributed by atoms with Gasteiger partial charge in [-0.1, -0.05) is 13.8 Å². The summed E-state index contributed by atoms with van der Waals surface area (Å²) in [6, 6.07) is 2.62. The van der Waals surface area contributed by atoms with Crippen molar-refractivity contribution in [3.8, 4) is 0 Å². The van der Waals surface area contributed by atoms with E-state index in [0.717, 1.165) is 25.1 Å². The van der Waals surface area contributed by atoms with E-state index in [1.165, 1.54) is 0 Å². The molecule has 0 bridgehead atoms. The standard InChI is InChI=1S/C13H16F3N/c1-7(2)17-6-9-3-10(9)8-4-11(14)13(16)12(15)5-8/h4-5,7,9-10,17H,3,6H2,1-2H3. The van der Waals surface area contributed by atoms with Crippen molar-refractivity contribution in [3.63, 3.8) is 0 Å². The molecule has 0 heterocycles. The average Bonchev–Trinajstić information content (AvgIpc) is 3.01. The predicted octanol–water partition coefficient (Wildman–Crippen LogP) is 3.21. The Hall–Kier alpha value is -1.03. The summed E-state index contributed by atoms with van der Waals surface area (Å²) in [5.74, 6) is -3.01. The molecule has 0 radical (unpaired) electrons. The molecular weight excluding hydrogens is 227 g/mol. The van der Waals surface area contributed by atoms with Crippen LogP contribution < -0.4 is 5.32 Å².